The van der Waals surface area contributed by atoms with Crippen LogP contribution in [0.4, 0.5) is 0 Å². The number of hydrogen-bond acceptors (Lipinski definition) is 4. The summed E-state index contributed by atoms with van der Waals surface area (Å²) >= 11 is 0. The summed E-state index contributed by atoms with van der Waals surface area (Å²) in [7, 11) is 1.58. The van der Waals surface area contributed by atoms with E-state index in [0.717, 1.165) is 16.8 Å². The van der Waals surface area contributed by atoms with Crippen molar-refractivity contribution < 1.29 is 14.3 Å². The minimum Gasteiger partial charge on any atom is -0.507 e. The van der Waals surface area contributed by atoms with Gasteiger partial charge in [-0.25, -0.2) is 4.79 Å². The normalized spacial score (nSPS) is 10.9. The summed E-state index contributed by atoms with van der Waals surface area (Å²) < 4.78 is 10.3. The first kappa shape index (κ1) is 10.7. The molecule has 0 aliphatic carbocycles. The summed E-state index contributed by atoms with van der Waals surface area (Å²) in [5, 5.41) is 12.0. The molecular formula is C14H10O4. The predicted octanol–water partition coefficient (Wildman–Crippen LogP) is 2.66. The van der Waals surface area contributed by atoms with Gasteiger partial charge in [-0.05, 0) is 23.6 Å². The lowest BCUT2D eigenvalue weighted by molar-refractivity contribution is 0.419. The molecule has 0 aliphatic heterocycles. The van der Waals surface area contributed by atoms with Gasteiger partial charge in [-0.2, -0.15) is 0 Å². The molecule has 0 atom stereocenters. The molecule has 4 heteroatoms. The lowest BCUT2D eigenvalue weighted by Gasteiger charge is -2.06. The zero-order valence-corrected chi connectivity index (χ0v) is 9.64. The summed E-state index contributed by atoms with van der Waals surface area (Å²) in [6, 6.07) is 10.1. The largest absolute Gasteiger partial charge is 0.507 e. The Labute approximate surface area is 102 Å². The molecule has 2 aromatic carbocycles. The van der Waals surface area contributed by atoms with Gasteiger partial charge in [0.15, 0.2) is 0 Å². The lowest BCUT2D eigenvalue weighted by atomic mass is 10.1. The highest BCUT2D eigenvalue weighted by Gasteiger charge is 2.08. The molecule has 1 heterocycles. The van der Waals surface area contributed by atoms with Gasteiger partial charge >= 0.3 is 5.63 Å². The zero-order valence-electron chi connectivity index (χ0n) is 9.64. The van der Waals surface area contributed by atoms with E-state index in [1.54, 1.807) is 19.2 Å². The first-order valence-electron chi connectivity index (χ1n) is 5.42. The van der Waals surface area contributed by atoms with Crippen LogP contribution in [-0.4, -0.2) is 12.2 Å². The van der Waals surface area contributed by atoms with Crippen LogP contribution in [0.1, 0.15) is 0 Å². The van der Waals surface area contributed by atoms with E-state index in [1.807, 2.05) is 18.2 Å². The second kappa shape index (κ2) is 3.77. The van der Waals surface area contributed by atoms with Crippen molar-refractivity contribution in [2.24, 2.45) is 0 Å². The van der Waals surface area contributed by atoms with Crippen LogP contribution in [0.3, 0.4) is 0 Å². The molecule has 0 radical (unpaired) electrons. The van der Waals surface area contributed by atoms with Crippen LogP contribution in [-0.2, 0) is 0 Å². The smallest absolute Gasteiger partial charge is 0.339 e. The summed E-state index contributed by atoms with van der Waals surface area (Å²) in [6.07, 6.45) is 0. The molecular weight excluding hydrogens is 232 g/mol. The van der Waals surface area contributed by atoms with E-state index < -0.39 is 5.63 Å². The number of ether oxygens (including phenoxy) is 1. The molecule has 4 nitrogen and oxygen atoms in total. The monoisotopic (exact) mass is 242 g/mol. The Bertz CT molecular complexity index is 802. The molecule has 18 heavy (non-hydrogen) atoms. The molecule has 1 N–H and O–H groups in total. The van der Waals surface area contributed by atoms with Gasteiger partial charge in [0, 0.05) is 5.39 Å². The van der Waals surface area contributed by atoms with Gasteiger partial charge in [-0.3, -0.25) is 0 Å². The van der Waals surface area contributed by atoms with Crippen molar-refractivity contribution in [1.82, 2.24) is 0 Å². The third-order valence-corrected chi connectivity index (χ3v) is 2.90. The maximum Gasteiger partial charge on any atom is 0.339 e. The van der Waals surface area contributed by atoms with E-state index in [0.29, 0.717) is 16.7 Å². The predicted molar refractivity (Wildman–Crippen MR) is 68.2 cm³/mol. The molecule has 0 amide bonds. The van der Waals surface area contributed by atoms with Crippen molar-refractivity contribution in [3.63, 3.8) is 0 Å². The maximum absolute atomic E-state index is 11.2. The summed E-state index contributed by atoms with van der Waals surface area (Å²) in [5.74, 6) is 0.617. The molecule has 0 saturated heterocycles. The second-order valence-electron chi connectivity index (χ2n) is 3.98. The van der Waals surface area contributed by atoms with Crippen molar-refractivity contribution in [3.05, 3.63) is 46.8 Å². The van der Waals surface area contributed by atoms with E-state index in [4.69, 9.17) is 9.15 Å². The van der Waals surface area contributed by atoms with Gasteiger partial charge in [-0.15, -0.1) is 0 Å². The fourth-order valence-corrected chi connectivity index (χ4v) is 2.07. The highest BCUT2D eigenvalue weighted by Crippen LogP contribution is 2.32. The number of rotatable bonds is 1. The van der Waals surface area contributed by atoms with Crippen LogP contribution >= 0.6 is 0 Å². The van der Waals surface area contributed by atoms with Crippen molar-refractivity contribution in [2.75, 3.05) is 7.11 Å². The molecule has 0 unspecified atom stereocenters. The molecule has 0 spiro atoms. The van der Waals surface area contributed by atoms with Crippen LogP contribution in [0, 0.1) is 0 Å². The van der Waals surface area contributed by atoms with Crippen molar-refractivity contribution >= 4 is 21.7 Å². The quantitative estimate of drug-likeness (QED) is 0.526. The van der Waals surface area contributed by atoms with Crippen LogP contribution in [0.2, 0.25) is 0 Å². The summed E-state index contributed by atoms with van der Waals surface area (Å²) in [6.45, 7) is 0. The Hall–Kier alpha value is -2.49. The third kappa shape index (κ3) is 1.50. The third-order valence-electron chi connectivity index (χ3n) is 2.90. The van der Waals surface area contributed by atoms with Crippen molar-refractivity contribution in [1.29, 1.82) is 0 Å². The highest BCUT2D eigenvalue weighted by molar-refractivity contribution is 6.00. The maximum atomic E-state index is 11.2. The van der Waals surface area contributed by atoms with E-state index in [1.165, 1.54) is 0 Å². The van der Waals surface area contributed by atoms with Crippen molar-refractivity contribution in [2.45, 2.75) is 0 Å². The molecule has 3 aromatic rings. The number of benzene rings is 2. The Morgan fingerprint density at radius 1 is 1.17 bits per heavy atom. The van der Waals surface area contributed by atoms with E-state index in [2.05, 4.69) is 0 Å². The lowest BCUT2D eigenvalue weighted by Crippen LogP contribution is -1.95. The van der Waals surface area contributed by atoms with E-state index in [9.17, 15) is 9.90 Å². The Kier molecular flexibility index (Phi) is 2.23. The number of aromatic hydroxyl groups is 1. The van der Waals surface area contributed by atoms with Gasteiger partial charge in [0.05, 0.1) is 18.6 Å². The van der Waals surface area contributed by atoms with Gasteiger partial charge in [-0.1, -0.05) is 12.1 Å². The fraction of sp³-hybridized carbons (Fsp3) is 0.0714. The Morgan fingerprint density at radius 2 is 2.00 bits per heavy atom. The molecule has 0 bridgehead atoms. The van der Waals surface area contributed by atoms with E-state index >= 15 is 0 Å². The zero-order chi connectivity index (χ0) is 12.7. The summed E-state index contributed by atoms with van der Waals surface area (Å²) in [5.41, 5.74) is -0.230. The molecule has 1 aromatic heterocycles. The van der Waals surface area contributed by atoms with Gasteiger partial charge in [0.2, 0.25) is 0 Å². The first-order chi connectivity index (χ1) is 8.69. The Morgan fingerprint density at radius 3 is 2.78 bits per heavy atom. The molecule has 0 aliphatic rings. The SMILES string of the molecule is COc1cccc2cc3c(O)cc(=O)oc3cc12. The molecule has 0 fully saturated rings. The average Bonchev–Trinajstić information content (AvgIpc) is 2.36. The number of methoxy groups -OCH3 is 1. The highest BCUT2D eigenvalue weighted by atomic mass is 16.5. The van der Waals surface area contributed by atoms with Gasteiger partial charge in [0.25, 0.3) is 0 Å². The number of hydrogen-bond donors (Lipinski definition) is 1. The van der Waals surface area contributed by atoms with Crippen LogP contribution in [0.5, 0.6) is 11.5 Å². The van der Waals surface area contributed by atoms with Crippen LogP contribution in [0.25, 0.3) is 21.7 Å². The van der Waals surface area contributed by atoms with E-state index in [-0.39, 0.29) is 5.75 Å². The number of fused-ring (bicyclic) bond motifs is 2. The average molecular weight is 242 g/mol. The second-order valence-corrected chi connectivity index (χ2v) is 3.98. The minimum absolute atomic E-state index is 0.0778. The molecule has 90 valence electrons. The standard InChI is InChI=1S/C14H10O4/c1-17-12-4-2-3-8-5-10-11(15)7-14(16)18-13(10)6-9(8)12/h2-7,15H,1H3. The van der Waals surface area contributed by atoms with Gasteiger partial charge < -0.3 is 14.3 Å². The first-order valence-corrected chi connectivity index (χ1v) is 5.42. The molecule has 3 rings (SSSR count). The summed E-state index contributed by atoms with van der Waals surface area (Å²) in [4.78, 5) is 11.2. The minimum atomic E-state index is -0.575. The fourth-order valence-electron chi connectivity index (χ4n) is 2.07. The molecule has 0 saturated carbocycles. The Balaban J connectivity index is 2.51. The topological polar surface area (TPSA) is 59.7 Å². The van der Waals surface area contributed by atoms with Crippen LogP contribution in [0.15, 0.2) is 45.6 Å². The van der Waals surface area contributed by atoms with Gasteiger partial charge in [0.1, 0.15) is 17.1 Å². The van der Waals surface area contributed by atoms with Crippen LogP contribution < -0.4 is 10.4 Å². The van der Waals surface area contributed by atoms with Crippen molar-refractivity contribution in [3.8, 4) is 11.5 Å².